The lowest BCUT2D eigenvalue weighted by Gasteiger charge is -2.36. The summed E-state index contributed by atoms with van der Waals surface area (Å²) in [7, 11) is 0. The van der Waals surface area contributed by atoms with Crippen LogP contribution in [0.4, 0.5) is 0 Å². The third-order valence-electron chi connectivity index (χ3n) is 4.04. The SMILES string of the molecule is C=C(C)CNC(=S)N1CCN(Cc2ccc3c(c2)OCO3)CC1. The van der Waals surface area contributed by atoms with E-state index in [0.717, 1.165) is 61.5 Å². The Labute approximate surface area is 142 Å². The Kier molecular flexibility index (Phi) is 5.03. The number of hydrogen-bond acceptors (Lipinski definition) is 4. The molecule has 5 nitrogen and oxygen atoms in total. The molecule has 1 aromatic carbocycles. The van der Waals surface area contributed by atoms with Crippen LogP contribution < -0.4 is 14.8 Å². The molecule has 23 heavy (non-hydrogen) atoms. The number of benzene rings is 1. The van der Waals surface area contributed by atoms with Gasteiger partial charge in [-0.1, -0.05) is 18.2 Å². The first-order valence-corrected chi connectivity index (χ1v) is 8.30. The fourth-order valence-electron chi connectivity index (χ4n) is 2.74. The highest BCUT2D eigenvalue weighted by molar-refractivity contribution is 7.80. The van der Waals surface area contributed by atoms with Gasteiger partial charge < -0.3 is 19.7 Å². The molecule has 6 heteroatoms. The van der Waals surface area contributed by atoms with Gasteiger partial charge in [-0.15, -0.1) is 0 Å². The Morgan fingerprint density at radius 3 is 2.70 bits per heavy atom. The number of ether oxygens (including phenoxy) is 2. The van der Waals surface area contributed by atoms with Gasteiger partial charge >= 0.3 is 0 Å². The third-order valence-corrected chi connectivity index (χ3v) is 4.45. The van der Waals surface area contributed by atoms with E-state index in [9.17, 15) is 0 Å². The van der Waals surface area contributed by atoms with Crippen molar-refractivity contribution in [1.29, 1.82) is 0 Å². The molecular formula is C17H23N3O2S. The molecule has 1 fully saturated rings. The molecule has 0 unspecified atom stereocenters. The minimum atomic E-state index is 0.325. The van der Waals surface area contributed by atoms with Gasteiger partial charge in [0.15, 0.2) is 16.6 Å². The van der Waals surface area contributed by atoms with E-state index in [-0.39, 0.29) is 0 Å². The number of nitrogens with one attached hydrogen (secondary N) is 1. The molecule has 0 amide bonds. The van der Waals surface area contributed by atoms with Gasteiger partial charge in [-0.05, 0) is 36.8 Å². The average Bonchev–Trinajstić information content (AvgIpc) is 3.01. The van der Waals surface area contributed by atoms with Crippen molar-refractivity contribution in [2.75, 3.05) is 39.5 Å². The highest BCUT2D eigenvalue weighted by Gasteiger charge is 2.20. The van der Waals surface area contributed by atoms with Crippen LogP contribution in [-0.2, 0) is 6.54 Å². The highest BCUT2D eigenvalue weighted by Crippen LogP contribution is 2.32. The van der Waals surface area contributed by atoms with Crippen LogP contribution in [-0.4, -0.2) is 54.4 Å². The largest absolute Gasteiger partial charge is 0.454 e. The molecule has 3 rings (SSSR count). The van der Waals surface area contributed by atoms with Gasteiger partial charge in [-0.2, -0.15) is 0 Å². The van der Waals surface area contributed by atoms with Crippen molar-refractivity contribution >= 4 is 17.3 Å². The minimum Gasteiger partial charge on any atom is -0.454 e. The lowest BCUT2D eigenvalue weighted by molar-refractivity contribution is 0.172. The topological polar surface area (TPSA) is 37.0 Å². The zero-order chi connectivity index (χ0) is 16.2. The smallest absolute Gasteiger partial charge is 0.231 e. The van der Waals surface area contributed by atoms with Gasteiger partial charge in [0.2, 0.25) is 6.79 Å². The number of nitrogens with zero attached hydrogens (tertiary/aromatic N) is 2. The van der Waals surface area contributed by atoms with Gasteiger partial charge in [-0.3, -0.25) is 4.90 Å². The normalized spacial score (nSPS) is 17.2. The lowest BCUT2D eigenvalue weighted by Crippen LogP contribution is -2.51. The van der Waals surface area contributed by atoms with E-state index >= 15 is 0 Å². The molecule has 2 heterocycles. The van der Waals surface area contributed by atoms with Crippen molar-refractivity contribution < 1.29 is 9.47 Å². The lowest BCUT2D eigenvalue weighted by atomic mass is 10.1. The zero-order valence-corrected chi connectivity index (χ0v) is 14.3. The molecule has 124 valence electrons. The summed E-state index contributed by atoms with van der Waals surface area (Å²) in [5.41, 5.74) is 2.35. The quantitative estimate of drug-likeness (QED) is 0.671. The molecule has 2 aliphatic rings. The number of fused-ring (bicyclic) bond motifs is 1. The Bertz CT molecular complexity index is 598. The molecule has 2 aliphatic heterocycles. The van der Waals surface area contributed by atoms with Crippen molar-refractivity contribution in [3.63, 3.8) is 0 Å². The van der Waals surface area contributed by atoms with Crippen LogP contribution in [0.2, 0.25) is 0 Å². The molecule has 0 atom stereocenters. The van der Waals surface area contributed by atoms with Crippen LogP contribution >= 0.6 is 12.2 Å². The van der Waals surface area contributed by atoms with Crippen LogP contribution in [0.25, 0.3) is 0 Å². The van der Waals surface area contributed by atoms with Gasteiger partial charge in [0.1, 0.15) is 0 Å². The summed E-state index contributed by atoms with van der Waals surface area (Å²) >= 11 is 5.44. The van der Waals surface area contributed by atoms with E-state index in [2.05, 4.69) is 33.8 Å². The van der Waals surface area contributed by atoms with Crippen LogP contribution in [0.15, 0.2) is 30.4 Å². The van der Waals surface area contributed by atoms with Crippen molar-refractivity contribution in [2.24, 2.45) is 0 Å². The van der Waals surface area contributed by atoms with Crippen LogP contribution in [0.1, 0.15) is 12.5 Å². The second kappa shape index (κ2) is 7.19. The maximum atomic E-state index is 5.44. The molecule has 0 aliphatic carbocycles. The van der Waals surface area contributed by atoms with Crippen LogP contribution in [0, 0.1) is 0 Å². The third kappa shape index (κ3) is 4.14. The first kappa shape index (κ1) is 16.1. The van der Waals surface area contributed by atoms with E-state index < -0.39 is 0 Å². The molecule has 0 spiro atoms. The molecule has 1 aromatic rings. The number of hydrogen-bond donors (Lipinski definition) is 1. The first-order valence-electron chi connectivity index (χ1n) is 7.90. The van der Waals surface area contributed by atoms with Gasteiger partial charge in [-0.25, -0.2) is 0 Å². The molecular weight excluding hydrogens is 310 g/mol. The van der Waals surface area contributed by atoms with Crippen molar-refractivity contribution in [3.05, 3.63) is 35.9 Å². The minimum absolute atomic E-state index is 0.325. The maximum absolute atomic E-state index is 5.44. The molecule has 1 N–H and O–H groups in total. The van der Waals surface area contributed by atoms with E-state index in [1.54, 1.807) is 0 Å². The van der Waals surface area contributed by atoms with Crippen LogP contribution in [0.3, 0.4) is 0 Å². The molecule has 0 bridgehead atoms. The maximum Gasteiger partial charge on any atom is 0.231 e. The predicted molar refractivity (Wildman–Crippen MR) is 94.8 cm³/mol. The van der Waals surface area contributed by atoms with Crippen LogP contribution in [0.5, 0.6) is 11.5 Å². The molecule has 0 radical (unpaired) electrons. The van der Waals surface area contributed by atoms with E-state index in [0.29, 0.717) is 6.79 Å². The van der Waals surface area contributed by atoms with Gasteiger partial charge in [0.25, 0.3) is 0 Å². The monoisotopic (exact) mass is 333 g/mol. The molecule has 0 saturated carbocycles. The molecule has 0 aromatic heterocycles. The molecule has 1 saturated heterocycles. The Hall–Kier alpha value is -1.79. The second-order valence-electron chi connectivity index (χ2n) is 6.07. The predicted octanol–water partition coefficient (Wildman–Crippen LogP) is 1.98. The zero-order valence-electron chi connectivity index (χ0n) is 13.5. The first-order chi connectivity index (χ1) is 11.1. The summed E-state index contributed by atoms with van der Waals surface area (Å²) < 4.78 is 10.8. The summed E-state index contributed by atoms with van der Waals surface area (Å²) in [5, 5.41) is 4.08. The Balaban J connectivity index is 1.47. The summed E-state index contributed by atoms with van der Waals surface area (Å²) in [6.45, 7) is 11.8. The summed E-state index contributed by atoms with van der Waals surface area (Å²) in [4.78, 5) is 4.67. The van der Waals surface area contributed by atoms with Gasteiger partial charge in [0.05, 0.1) is 0 Å². The summed E-state index contributed by atoms with van der Waals surface area (Å²) in [6.07, 6.45) is 0. The van der Waals surface area contributed by atoms with Crippen molar-refractivity contribution in [1.82, 2.24) is 15.1 Å². The van der Waals surface area contributed by atoms with E-state index in [4.69, 9.17) is 21.7 Å². The summed E-state index contributed by atoms with van der Waals surface area (Å²) in [6, 6.07) is 6.18. The fraction of sp³-hybridized carbons (Fsp3) is 0.471. The second-order valence-corrected chi connectivity index (χ2v) is 6.45. The highest BCUT2D eigenvalue weighted by atomic mass is 32.1. The van der Waals surface area contributed by atoms with E-state index in [1.165, 1.54) is 5.56 Å². The number of piperazine rings is 1. The fourth-order valence-corrected chi connectivity index (χ4v) is 3.00. The van der Waals surface area contributed by atoms with Gasteiger partial charge in [0, 0.05) is 39.3 Å². The average molecular weight is 333 g/mol. The Morgan fingerprint density at radius 1 is 1.22 bits per heavy atom. The summed E-state index contributed by atoms with van der Waals surface area (Å²) in [5.74, 6) is 1.69. The van der Waals surface area contributed by atoms with Crippen molar-refractivity contribution in [3.8, 4) is 11.5 Å². The Morgan fingerprint density at radius 2 is 1.96 bits per heavy atom. The standard InChI is InChI=1S/C17H23N3O2S/c1-13(2)10-18-17(23)20-7-5-19(6-8-20)11-14-3-4-15-16(9-14)22-12-21-15/h3-4,9H,1,5-8,10-12H2,2H3,(H,18,23). The number of thiocarbonyl (C=S) groups is 1. The van der Waals surface area contributed by atoms with E-state index in [1.807, 2.05) is 13.0 Å². The van der Waals surface area contributed by atoms with Crippen molar-refractivity contribution in [2.45, 2.75) is 13.5 Å². The number of rotatable bonds is 4.